The van der Waals surface area contributed by atoms with Gasteiger partial charge in [-0.2, -0.15) is 0 Å². The lowest BCUT2D eigenvalue weighted by atomic mass is 9.73. The van der Waals surface area contributed by atoms with Crippen molar-refractivity contribution in [3.8, 4) is 0 Å². The molecule has 5 heteroatoms. The van der Waals surface area contributed by atoms with Gasteiger partial charge in [0, 0.05) is 45.1 Å². The number of methoxy groups -OCH3 is 2. The lowest BCUT2D eigenvalue weighted by Crippen LogP contribution is -2.56. The Labute approximate surface area is 183 Å². The number of hydrogen-bond donors (Lipinski definition) is 1. The van der Waals surface area contributed by atoms with E-state index in [4.69, 9.17) is 15.2 Å². The van der Waals surface area contributed by atoms with Crippen molar-refractivity contribution in [2.75, 3.05) is 27.3 Å². The van der Waals surface area contributed by atoms with E-state index < -0.39 is 0 Å². The summed E-state index contributed by atoms with van der Waals surface area (Å²) in [6.07, 6.45) is 13.2. The molecule has 0 aromatic carbocycles. The van der Waals surface area contributed by atoms with Crippen LogP contribution in [0.1, 0.15) is 78.1 Å². The first-order chi connectivity index (χ1) is 14.4. The van der Waals surface area contributed by atoms with Gasteiger partial charge in [0.2, 0.25) is 0 Å². The van der Waals surface area contributed by atoms with Gasteiger partial charge in [0.25, 0.3) is 0 Å². The number of allylic oxidation sites excluding steroid dienone is 1. The lowest BCUT2D eigenvalue weighted by molar-refractivity contribution is -0.117. The molecule has 5 nitrogen and oxygen atoms in total. The van der Waals surface area contributed by atoms with Crippen LogP contribution in [0.15, 0.2) is 23.0 Å². The average molecular weight is 419 g/mol. The smallest absolute Gasteiger partial charge is 0.129 e. The van der Waals surface area contributed by atoms with Gasteiger partial charge in [0.1, 0.15) is 17.1 Å². The van der Waals surface area contributed by atoms with Crippen molar-refractivity contribution >= 4 is 5.78 Å². The van der Waals surface area contributed by atoms with E-state index in [0.29, 0.717) is 17.7 Å². The molecule has 2 N–H and O–H groups in total. The van der Waals surface area contributed by atoms with Gasteiger partial charge in [-0.3, -0.25) is 4.90 Å². The fourth-order valence-corrected chi connectivity index (χ4v) is 5.63. The molecular formula is C25H42N2O3. The summed E-state index contributed by atoms with van der Waals surface area (Å²) in [6, 6.07) is 0.730. The van der Waals surface area contributed by atoms with Gasteiger partial charge in [0.15, 0.2) is 0 Å². The Balaban J connectivity index is 1.53. The third-order valence-electron chi connectivity index (χ3n) is 7.62. The fourth-order valence-electron chi connectivity index (χ4n) is 5.63. The molecule has 0 amide bonds. The second-order valence-electron chi connectivity index (χ2n) is 9.80. The van der Waals surface area contributed by atoms with Crippen molar-refractivity contribution in [2.24, 2.45) is 11.7 Å². The number of unbranched alkanes of at least 4 members (excludes halogenated alkanes) is 4. The first-order valence-electron chi connectivity index (χ1n) is 11.9. The minimum atomic E-state index is -0.375. The van der Waals surface area contributed by atoms with Crippen LogP contribution in [0, 0.1) is 5.92 Å². The van der Waals surface area contributed by atoms with Crippen LogP contribution < -0.4 is 5.73 Å². The summed E-state index contributed by atoms with van der Waals surface area (Å²) < 4.78 is 11.5. The molecule has 0 spiro atoms. The van der Waals surface area contributed by atoms with E-state index in [1.807, 2.05) is 0 Å². The normalized spacial score (nSPS) is 31.8. The van der Waals surface area contributed by atoms with Gasteiger partial charge >= 0.3 is 0 Å². The monoisotopic (exact) mass is 418 g/mol. The third-order valence-corrected chi connectivity index (χ3v) is 7.62. The number of fused-ring (bicyclic) bond motifs is 2. The number of nitrogens with two attached hydrogens (primary N) is 1. The topological polar surface area (TPSA) is 64.8 Å². The molecular weight excluding hydrogens is 376 g/mol. The molecule has 1 unspecified atom stereocenters. The van der Waals surface area contributed by atoms with Crippen LogP contribution in [0.25, 0.3) is 0 Å². The lowest BCUT2D eigenvalue weighted by Gasteiger charge is -2.49. The van der Waals surface area contributed by atoms with Gasteiger partial charge in [-0.15, -0.1) is 0 Å². The van der Waals surface area contributed by atoms with E-state index in [9.17, 15) is 4.79 Å². The third kappa shape index (κ3) is 5.35. The first kappa shape index (κ1) is 23.5. The maximum atomic E-state index is 11.0. The highest BCUT2D eigenvalue weighted by Gasteiger charge is 2.44. The Morgan fingerprint density at radius 3 is 2.67 bits per heavy atom. The van der Waals surface area contributed by atoms with Crippen LogP contribution >= 0.6 is 0 Å². The van der Waals surface area contributed by atoms with Crippen LogP contribution in [-0.4, -0.2) is 55.7 Å². The van der Waals surface area contributed by atoms with Crippen molar-refractivity contribution in [2.45, 2.75) is 95.7 Å². The van der Waals surface area contributed by atoms with Crippen LogP contribution in [0.4, 0.5) is 0 Å². The first-order valence-corrected chi connectivity index (χ1v) is 11.9. The highest BCUT2D eigenvalue weighted by molar-refractivity contribution is 5.75. The van der Waals surface area contributed by atoms with Crippen LogP contribution in [-0.2, 0) is 14.3 Å². The standard InChI is InChI=1S/C25H42N2O3/c1-18(28)10-8-6-5-7-9-11-20-17-27-13-12-19-14-24(29-3)25(2,30-4)16-21(19)23(27)15-22(20)26/h14,20,22-23H,5-13,15-17,26H2,1-4H3/t20-,22-,23-,25?/m0/s1. The van der Waals surface area contributed by atoms with Gasteiger partial charge in [-0.05, 0) is 62.7 Å². The number of piperidine rings is 1. The number of nitrogens with zero attached hydrogens (tertiary/aromatic N) is 1. The summed E-state index contributed by atoms with van der Waals surface area (Å²) in [7, 11) is 3.52. The van der Waals surface area contributed by atoms with E-state index in [1.165, 1.54) is 43.3 Å². The number of carbonyl (C=O) groups excluding carboxylic acids is 1. The molecule has 0 saturated carbocycles. The summed E-state index contributed by atoms with van der Waals surface area (Å²) >= 11 is 0. The quantitative estimate of drug-likeness (QED) is 0.534. The average Bonchev–Trinajstić information content (AvgIpc) is 2.72. The molecule has 2 heterocycles. The van der Waals surface area contributed by atoms with E-state index in [1.54, 1.807) is 21.1 Å². The molecule has 1 aliphatic carbocycles. The molecule has 2 aliphatic heterocycles. The predicted molar refractivity (Wildman–Crippen MR) is 121 cm³/mol. The Bertz CT molecular complexity index is 671. The van der Waals surface area contributed by atoms with E-state index >= 15 is 0 Å². The zero-order valence-electron chi connectivity index (χ0n) is 19.5. The number of hydrogen-bond acceptors (Lipinski definition) is 5. The van der Waals surface area contributed by atoms with Gasteiger partial charge in [-0.1, -0.05) is 25.7 Å². The second-order valence-corrected chi connectivity index (χ2v) is 9.80. The number of ether oxygens (including phenoxy) is 2. The molecule has 170 valence electrons. The van der Waals surface area contributed by atoms with Crippen molar-refractivity contribution < 1.29 is 14.3 Å². The van der Waals surface area contributed by atoms with E-state index in [2.05, 4.69) is 17.9 Å². The van der Waals surface area contributed by atoms with E-state index in [-0.39, 0.29) is 11.6 Å². The largest absolute Gasteiger partial charge is 0.498 e. The van der Waals surface area contributed by atoms with Crippen molar-refractivity contribution in [3.05, 3.63) is 23.0 Å². The molecule has 1 saturated heterocycles. The van der Waals surface area contributed by atoms with Gasteiger partial charge in [0.05, 0.1) is 7.11 Å². The molecule has 4 atom stereocenters. The van der Waals surface area contributed by atoms with E-state index in [0.717, 1.165) is 51.0 Å². The van der Waals surface area contributed by atoms with Crippen LogP contribution in [0.2, 0.25) is 0 Å². The van der Waals surface area contributed by atoms with Crippen molar-refractivity contribution in [1.82, 2.24) is 4.90 Å². The van der Waals surface area contributed by atoms with Gasteiger partial charge in [-0.25, -0.2) is 0 Å². The predicted octanol–water partition coefficient (Wildman–Crippen LogP) is 4.36. The number of rotatable bonds is 10. The number of Topliss-reactive ketones (excluding diaryl/α,β-unsaturated/α-hetero) is 1. The molecule has 0 aromatic heterocycles. The Morgan fingerprint density at radius 1 is 1.23 bits per heavy atom. The van der Waals surface area contributed by atoms with Crippen molar-refractivity contribution in [1.29, 1.82) is 0 Å². The molecule has 0 aromatic rings. The minimum Gasteiger partial charge on any atom is -0.498 e. The maximum absolute atomic E-state index is 11.0. The highest BCUT2D eigenvalue weighted by Crippen LogP contribution is 2.44. The minimum absolute atomic E-state index is 0.275. The zero-order valence-corrected chi connectivity index (χ0v) is 19.5. The summed E-state index contributed by atoms with van der Waals surface area (Å²) in [4.78, 5) is 13.7. The molecule has 0 bridgehead atoms. The fraction of sp³-hybridized carbons (Fsp3) is 0.800. The summed E-state index contributed by atoms with van der Waals surface area (Å²) in [5.41, 5.74) is 9.29. The molecule has 3 rings (SSSR count). The van der Waals surface area contributed by atoms with Crippen LogP contribution in [0.3, 0.4) is 0 Å². The summed E-state index contributed by atoms with van der Waals surface area (Å²) in [5.74, 6) is 1.86. The Morgan fingerprint density at radius 2 is 1.97 bits per heavy atom. The summed E-state index contributed by atoms with van der Waals surface area (Å²) in [5, 5.41) is 0. The second kappa shape index (κ2) is 10.4. The Kier molecular flexibility index (Phi) is 8.17. The summed E-state index contributed by atoms with van der Waals surface area (Å²) in [6.45, 7) is 6.06. The van der Waals surface area contributed by atoms with Crippen molar-refractivity contribution in [3.63, 3.8) is 0 Å². The molecule has 1 fully saturated rings. The number of carbonyl (C=O) groups is 1. The van der Waals surface area contributed by atoms with Crippen LogP contribution in [0.5, 0.6) is 0 Å². The Hall–Kier alpha value is -1.17. The molecule has 0 radical (unpaired) electrons. The highest BCUT2D eigenvalue weighted by atomic mass is 16.5. The SMILES string of the molecule is COC1=CC2=C(CC1(C)OC)[C@@H]1C[C@H](N)[C@@H](CCCCCCCC(C)=O)CN1CC2. The zero-order chi connectivity index (χ0) is 21.7. The van der Waals surface area contributed by atoms with Gasteiger partial charge < -0.3 is 20.0 Å². The number of ketones is 1. The molecule has 3 aliphatic rings. The molecule has 30 heavy (non-hydrogen) atoms. The maximum Gasteiger partial charge on any atom is 0.129 e.